The minimum atomic E-state index is -1.03. The molecule has 2 rings (SSSR count). The number of hydrogen-bond acceptors (Lipinski definition) is 6. The van der Waals surface area contributed by atoms with Crippen LogP contribution in [0.2, 0.25) is 0 Å². The second kappa shape index (κ2) is 10.2. The summed E-state index contributed by atoms with van der Waals surface area (Å²) >= 11 is 4.30. The van der Waals surface area contributed by atoms with Crippen molar-refractivity contribution in [2.24, 2.45) is 5.92 Å². The predicted octanol–water partition coefficient (Wildman–Crippen LogP) is 3.53. The van der Waals surface area contributed by atoms with E-state index in [4.69, 9.17) is 9.84 Å². The highest BCUT2D eigenvalue weighted by atomic mass is 79.9. The zero-order valence-electron chi connectivity index (χ0n) is 15.3. The van der Waals surface area contributed by atoms with E-state index in [0.29, 0.717) is 33.4 Å². The van der Waals surface area contributed by atoms with Crippen LogP contribution in [0.3, 0.4) is 0 Å². The summed E-state index contributed by atoms with van der Waals surface area (Å²) in [6, 6.07) is 7.00. The first-order valence-corrected chi connectivity index (χ1v) is 10.0. The Morgan fingerprint density at radius 2 is 1.89 bits per heavy atom. The van der Waals surface area contributed by atoms with Crippen LogP contribution in [0, 0.1) is 5.92 Å². The number of nitrogens with zero attached hydrogens (tertiary/aromatic N) is 1. The minimum absolute atomic E-state index is 0.224. The van der Waals surface area contributed by atoms with Crippen molar-refractivity contribution in [2.75, 3.05) is 17.2 Å². The Morgan fingerprint density at radius 1 is 1.21 bits per heavy atom. The summed E-state index contributed by atoms with van der Waals surface area (Å²) in [5.74, 6) is -1.22. The summed E-state index contributed by atoms with van der Waals surface area (Å²) in [4.78, 5) is 39.1. The molecule has 0 radical (unpaired) electrons. The lowest BCUT2D eigenvalue weighted by Gasteiger charge is -2.13. The first-order valence-electron chi connectivity index (χ1n) is 8.43. The fraction of sp³-hybridized carbons (Fsp3) is 0.333. The van der Waals surface area contributed by atoms with Crippen LogP contribution in [0.15, 0.2) is 28.1 Å². The van der Waals surface area contributed by atoms with Crippen molar-refractivity contribution in [3.8, 4) is 5.75 Å². The monoisotopic (exact) mass is 469 g/mol. The maximum atomic E-state index is 12.2. The minimum Gasteiger partial charge on any atom is -0.491 e. The van der Waals surface area contributed by atoms with Crippen LogP contribution in [-0.2, 0) is 20.8 Å². The van der Waals surface area contributed by atoms with E-state index < -0.39 is 24.2 Å². The molecule has 1 aromatic carbocycles. The third kappa shape index (κ3) is 6.93. The molecule has 8 nitrogen and oxygen atoms in total. The van der Waals surface area contributed by atoms with Gasteiger partial charge in [0.25, 0.3) is 0 Å². The van der Waals surface area contributed by atoms with Crippen molar-refractivity contribution in [1.82, 2.24) is 4.98 Å². The molecule has 1 aromatic heterocycles. The van der Waals surface area contributed by atoms with E-state index in [1.54, 1.807) is 24.3 Å². The molecule has 2 aromatic rings. The molecule has 0 aliphatic rings. The van der Waals surface area contributed by atoms with Crippen molar-refractivity contribution < 1.29 is 24.2 Å². The van der Waals surface area contributed by atoms with Gasteiger partial charge in [-0.05, 0) is 34.0 Å². The molecular weight excluding hydrogens is 450 g/mol. The fourth-order valence-corrected chi connectivity index (χ4v) is 3.51. The molecule has 0 saturated heterocycles. The number of rotatable bonds is 9. The molecule has 0 unspecified atom stereocenters. The van der Waals surface area contributed by atoms with Crippen LogP contribution in [0.5, 0.6) is 5.75 Å². The van der Waals surface area contributed by atoms with Crippen molar-refractivity contribution >= 4 is 55.9 Å². The number of nitrogens with one attached hydrogen (secondary N) is 2. The van der Waals surface area contributed by atoms with Crippen LogP contribution < -0.4 is 15.4 Å². The van der Waals surface area contributed by atoms with Gasteiger partial charge < -0.3 is 20.5 Å². The molecule has 3 N–H and O–H groups in total. The zero-order valence-corrected chi connectivity index (χ0v) is 17.7. The van der Waals surface area contributed by atoms with E-state index in [1.807, 2.05) is 13.8 Å². The molecule has 0 aliphatic carbocycles. The number of carbonyl (C=O) groups is 3. The van der Waals surface area contributed by atoms with Gasteiger partial charge >= 0.3 is 5.97 Å². The number of ether oxygens (including phenoxy) is 1. The molecule has 2 amide bonds. The van der Waals surface area contributed by atoms with E-state index in [2.05, 4.69) is 31.5 Å². The number of carboxylic acid groups (broad SMARTS) is 1. The third-order valence-corrected chi connectivity index (χ3v) is 5.01. The lowest BCUT2D eigenvalue weighted by atomic mass is 10.2. The quantitative estimate of drug-likeness (QED) is 0.483. The van der Waals surface area contributed by atoms with Gasteiger partial charge in [0.1, 0.15) is 12.2 Å². The van der Waals surface area contributed by atoms with E-state index in [1.165, 1.54) is 0 Å². The lowest BCUT2D eigenvalue weighted by molar-refractivity contribution is -0.136. The van der Waals surface area contributed by atoms with Gasteiger partial charge in [-0.3, -0.25) is 14.4 Å². The summed E-state index contributed by atoms with van der Waals surface area (Å²) in [5.41, 5.74) is 0.801. The SMILES string of the molecule is CC(C)COc1ccccc1NC(=O)CC(=O)Nc1nc(CC(=O)O)c(Br)s1. The number of carboxylic acids is 1. The highest BCUT2D eigenvalue weighted by Crippen LogP contribution is 2.29. The Balaban J connectivity index is 1.93. The topological polar surface area (TPSA) is 118 Å². The number of hydrogen-bond donors (Lipinski definition) is 3. The molecule has 0 spiro atoms. The van der Waals surface area contributed by atoms with Crippen LogP contribution in [0.1, 0.15) is 26.0 Å². The molecule has 1 heterocycles. The summed E-state index contributed by atoms with van der Waals surface area (Å²) in [5, 5.41) is 14.2. The molecule has 0 saturated carbocycles. The number of aliphatic carboxylic acids is 1. The normalized spacial score (nSPS) is 10.6. The standard InChI is InChI=1S/C18H20BrN3O5S/c1-10(2)9-27-13-6-4-3-5-11(13)20-14(23)8-15(24)22-18-21-12(7-16(25)26)17(19)28-18/h3-6,10H,7-9H2,1-2H3,(H,20,23)(H,25,26)(H,21,22,24). The van der Waals surface area contributed by atoms with E-state index >= 15 is 0 Å². The number of benzene rings is 1. The van der Waals surface area contributed by atoms with Gasteiger partial charge in [0.15, 0.2) is 5.13 Å². The second-order valence-corrected chi connectivity index (χ2v) is 8.60. The number of carbonyl (C=O) groups excluding carboxylic acids is 2. The molecule has 10 heteroatoms. The van der Waals surface area contributed by atoms with Gasteiger partial charge in [-0.25, -0.2) is 4.98 Å². The molecule has 0 atom stereocenters. The Hall–Kier alpha value is -2.46. The fourth-order valence-electron chi connectivity index (χ4n) is 2.09. The highest BCUT2D eigenvalue weighted by molar-refractivity contribution is 9.11. The molecule has 0 aliphatic heterocycles. The highest BCUT2D eigenvalue weighted by Gasteiger charge is 2.16. The van der Waals surface area contributed by atoms with E-state index in [9.17, 15) is 14.4 Å². The first-order chi connectivity index (χ1) is 13.2. The summed E-state index contributed by atoms with van der Waals surface area (Å²) in [6.45, 7) is 4.54. The zero-order chi connectivity index (χ0) is 20.7. The number of amides is 2. The van der Waals surface area contributed by atoms with Gasteiger partial charge in [0.05, 0.1) is 28.2 Å². The Bertz CT molecular complexity index is 869. The number of thiazole rings is 1. The Kier molecular flexibility index (Phi) is 7.94. The average Bonchev–Trinajstić information content (AvgIpc) is 2.92. The van der Waals surface area contributed by atoms with E-state index in [0.717, 1.165) is 11.3 Å². The maximum Gasteiger partial charge on any atom is 0.309 e. The smallest absolute Gasteiger partial charge is 0.309 e. The van der Waals surface area contributed by atoms with Crippen LogP contribution in [0.4, 0.5) is 10.8 Å². The first kappa shape index (κ1) is 21.8. The van der Waals surface area contributed by atoms with Crippen molar-refractivity contribution in [1.29, 1.82) is 0 Å². The predicted molar refractivity (Wildman–Crippen MR) is 110 cm³/mol. The number of para-hydroxylation sites is 2. The van der Waals surface area contributed by atoms with Gasteiger partial charge in [0.2, 0.25) is 11.8 Å². The Labute approximate surface area is 174 Å². The molecule has 150 valence electrons. The van der Waals surface area contributed by atoms with Crippen LogP contribution in [0.25, 0.3) is 0 Å². The van der Waals surface area contributed by atoms with Gasteiger partial charge in [0, 0.05) is 0 Å². The largest absolute Gasteiger partial charge is 0.491 e. The lowest BCUT2D eigenvalue weighted by Crippen LogP contribution is -2.21. The van der Waals surface area contributed by atoms with Crippen molar-refractivity contribution in [3.05, 3.63) is 33.7 Å². The average molecular weight is 470 g/mol. The van der Waals surface area contributed by atoms with Gasteiger partial charge in [-0.15, -0.1) is 0 Å². The second-order valence-electron chi connectivity index (χ2n) is 6.28. The molecule has 28 heavy (non-hydrogen) atoms. The molecular formula is C18H20BrN3O5S. The molecule has 0 fully saturated rings. The van der Waals surface area contributed by atoms with E-state index in [-0.39, 0.29) is 11.6 Å². The van der Waals surface area contributed by atoms with Crippen molar-refractivity contribution in [2.45, 2.75) is 26.7 Å². The summed E-state index contributed by atoms with van der Waals surface area (Å²) in [6.07, 6.45) is -0.676. The maximum absolute atomic E-state index is 12.2. The molecule has 0 bridgehead atoms. The van der Waals surface area contributed by atoms with Crippen LogP contribution >= 0.6 is 27.3 Å². The van der Waals surface area contributed by atoms with Crippen LogP contribution in [-0.4, -0.2) is 34.5 Å². The Morgan fingerprint density at radius 3 is 2.57 bits per heavy atom. The number of aromatic nitrogens is 1. The third-order valence-electron chi connectivity index (χ3n) is 3.27. The number of halogens is 1. The van der Waals surface area contributed by atoms with Gasteiger partial charge in [-0.1, -0.05) is 37.3 Å². The van der Waals surface area contributed by atoms with Crippen molar-refractivity contribution in [3.63, 3.8) is 0 Å². The van der Waals surface area contributed by atoms with Gasteiger partial charge in [-0.2, -0.15) is 0 Å². The summed E-state index contributed by atoms with van der Waals surface area (Å²) in [7, 11) is 0. The summed E-state index contributed by atoms with van der Waals surface area (Å²) < 4.78 is 6.19. The number of anilines is 2.